The number of anilines is 1. The average molecular weight is 492 g/mol. The fraction of sp³-hybridized carbons (Fsp3) is 0.640. The van der Waals surface area contributed by atoms with Gasteiger partial charge in [-0.05, 0) is 58.1 Å². The third kappa shape index (κ3) is 4.73. The molecule has 3 fully saturated rings. The highest BCUT2D eigenvalue weighted by Gasteiger charge is 2.63. The lowest BCUT2D eigenvalue weighted by atomic mass is 9.82. The number of ether oxygens (including phenoxy) is 3. The molecule has 3 heterocycles. The zero-order chi connectivity index (χ0) is 25.2. The van der Waals surface area contributed by atoms with Crippen molar-refractivity contribution in [3.8, 4) is 5.75 Å². The zero-order valence-electron chi connectivity index (χ0n) is 20.6. The summed E-state index contributed by atoms with van der Waals surface area (Å²) in [6.45, 7) is 9.18. The van der Waals surface area contributed by atoms with E-state index < -0.39 is 29.4 Å². The Hall–Kier alpha value is -2.72. The van der Waals surface area contributed by atoms with Crippen LogP contribution < -0.4 is 9.64 Å². The second-order valence-electron chi connectivity index (χ2n) is 9.66. The van der Waals surface area contributed by atoms with E-state index in [4.69, 9.17) is 14.2 Å². The number of halogens is 1. The molecule has 3 aliphatic heterocycles. The van der Waals surface area contributed by atoms with Gasteiger partial charge in [-0.1, -0.05) is 0 Å². The number of rotatable bonds is 8. The lowest BCUT2D eigenvalue weighted by Gasteiger charge is -2.47. The van der Waals surface area contributed by atoms with Gasteiger partial charge in [0.25, 0.3) is 12.4 Å². The summed E-state index contributed by atoms with van der Waals surface area (Å²) in [6, 6.07) is 3.43. The number of likely N-dealkylation sites (N-methyl/N-ethyl adjacent to an activating group) is 1. The summed E-state index contributed by atoms with van der Waals surface area (Å²) in [6.07, 6.45) is 1.17. The van der Waals surface area contributed by atoms with E-state index in [1.165, 1.54) is 23.1 Å². The van der Waals surface area contributed by atoms with Gasteiger partial charge in [0.2, 0.25) is 0 Å². The van der Waals surface area contributed by atoms with E-state index in [-0.39, 0.29) is 24.1 Å². The first-order valence-corrected chi connectivity index (χ1v) is 12.3. The van der Waals surface area contributed by atoms with Crippen LogP contribution in [0.4, 0.5) is 14.9 Å². The number of benzene rings is 1. The van der Waals surface area contributed by atoms with Gasteiger partial charge >= 0.3 is 6.03 Å². The summed E-state index contributed by atoms with van der Waals surface area (Å²) in [4.78, 5) is 43.7. The Bertz CT molecular complexity index is 953. The molecule has 2 atom stereocenters. The third-order valence-corrected chi connectivity index (χ3v) is 7.17. The van der Waals surface area contributed by atoms with Gasteiger partial charge in [-0.15, -0.1) is 0 Å². The first-order valence-electron chi connectivity index (χ1n) is 12.3. The maximum atomic E-state index is 14.3. The Labute approximate surface area is 205 Å². The zero-order valence-corrected chi connectivity index (χ0v) is 20.6. The van der Waals surface area contributed by atoms with Crippen molar-refractivity contribution in [1.82, 2.24) is 9.80 Å². The summed E-state index contributed by atoms with van der Waals surface area (Å²) < 4.78 is 30.8. The molecule has 3 aliphatic rings. The molecule has 35 heavy (non-hydrogen) atoms. The SMILES string of the molecule is CCN1C(=O)N(c2ccc(F)c(OC(C)C)c2)C(=O)C12CCN(CC1CCOCC1)CC2OC=O. The molecule has 4 rings (SSSR count). The molecule has 0 bridgehead atoms. The molecule has 3 saturated heterocycles. The Morgan fingerprint density at radius 1 is 1.26 bits per heavy atom. The number of hydrogen-bond acceptors (Lipinski definition) is 7. The fourth-order valence-electron chi connectivity index (χ4n) is 5.51. The molecule has 192 valence electrons. The Morgan fingerprint density at radius 3 is 2.66 bits per heavy atom. The van der Waals surface area contributed by atoms with Gasteiger partial charge in [0.05, 0.1) is 11.8 Å². The van der Waals surface area contributed by atoms with E-state index in [1.54, 1.807) is 20.8 Å². The van der Waals surface area contributed by atoms with Crippen LogP contribution in [0.2, 0.25) is 0 Å². The summed E-state index contributed by atoms with van der Waals surface area (Å²) in [5, 5.41) is 0. The minimum Gasteiger partial charge on any atom is -0.488 e. The molecule has 1 spiro atoms. The van der Waals surface area contributed by atoms with Gasteiger partial charge in [-0.2, -0.15) is 0 Å². The van der Waals surface area contributed by atoms with Crippen LogP contribution in [0.25, 0.3) is 0 Å². The minimum absolute atomic E-state index is 0.0333. The molecule has 2 unspecified atom stereocenters. The predicted molar refractivity (Wildman–Crippen MR) is 126 cm³/mol. The fourth-order valence-corrected chi connectivity index (χ4v) is 5.51. The number of urea groups is 1. The molecule has 1 aromatic carbocycles. The van der Waals surface area contributed by atoms with E-state index in [2.05, 4.69) is 4.90 Å². The van der Waals surface area contributed by atoms with Gasteiger partial charge in [0.15, 0.2) is 17.1 Å². The van der Waals surface area contributed by atoms with Crippen molar-refractivity contribution in [2.45, 2.75) is 57.8 Å². The van der Waals surface area contributed by atoms with E-state index in [1.807, 2.05) is 0 Å². The number of hydrogen-bond donors (Lipinski definition) is 0. The topological polar surface area (TPSA) is 88.6 Å². The molecule has 0 saturated carbocycles. The maximum absolute atomic E-state index is 14.3. The molecule has 1 aromatic rings. The summed E-state index contributed by atoms with van der Waals surface area (Å²) >= 11 is 0. The maximum Gasteiger partial charge on any atom is 0.332 e. The first kappa shape index (κ1) is 25.4. The summed E-state index contributed by atoms with van der Waals surface area (Å²) in [5.74, 6) is -0.599. The quantitative estimate of drug-likeness (QED) is 0.408. The monoisotopic (exact) mass is 491 g/mol. The van der Waals surface area contributed by atoms with Crippen LogP contribution in [-0.2, 0) is 19.1 Å². The molecule has 0 aliphatic carbocycles. The number of imide groups is 1. The van der Waals surface area contributed by atoms with Gasteiger partial charge in [-0.3, -0.25) is 14.5 Å². The van der Waals surface area contributed by atoms with Crippen molar-refractivity contribution < 1.29 is 33.0 Å². The van der Waals surface area contributed by atoms with Crippen molar-refractivity contribution in [2.75, 3.05) is 44.3 Å². The van der Waals surface area contributed by atoms with E-state index >= 15 is 0 Å². The molecule has 9 nitrogen and oxygen atoms in total. The molecular formula is C25H34FN3O6. The van der Waals surface area contributed by atoms with E-state index in [9.17, 15) is 18.8 Å². The van der Waals surface area contributed by atoms with Crippen LogP contribution in [0, 0.1) is 11.7 Å². The average Bonchev–Trinajstić information content (AvgIpc) is 3.04. The number of likely N-dealkylation sites (tertiary alicyclic amines) is 1. The van der Waals surface area contributed by atoms with Gasteiger partial charge < -0.3 is 19.1 Å². The van der Waals surface area contributed by atoms with Gasteiger partial charge in [-0.25, -0.2) is 14.1 Å². The number of amides is 3. The molecule has 0 N–H and O–H groups in total. The van der Waals surface area contributed by atoms with Crippen LogP contribution in [0.5, 0.6) is 5.75 Å². The van der Waals surface area contributed by atoms with Crippen LogP contribution >= 0.6 is 0 Å². The lowest BCUT2D eigenvalue weighted by Crippen LogP contribution is -2.66. The summed E-state index contributed by atoms with van der Waals surface area (Å²) in [5.41, 5.74) is -1.09. The third-order valence-electron chi connectivity index (χ3n) is 7.17. The number of carbonyl (C=O) groups excluding carboxylic acids is 3. The van der Waals surface area contributed by atoms with Crippen LogP contribution in [0.3, 0.4) is 0 Å². The molecule has 0 aromatic heterocycles. The second kappa shape index (κ2) is 10.5. The second-order valence-corrected chi connectivity index (χ2v) is 9.66. The van der Waals surface area contributed by atoms with E-state index in [0.29, 0.717) is 31.9 Å². The summed E-state index contributed by atoms with van der Waals surface area (Å²) in [7, 11) is 0. The highest BCUT2D eigenvalue weighted by atomic mass is 19.1. The normalized spacial score (nSPS) is 26.1. The molecular weight excluding hydrogens is 457 g/mol. The molecule has 10 heteroatoms. The lowest BCUT2D eigenvalue weighted by molar-refractivity contribution is -0.154. The standard InChI is InChI=1S/C25H34FN3O6/c1-4-28-24(32)29(19-5-6-20(26)21(13-19)35-17(2)3)23(31)25(28)9-10-27(15-22(25)34-16-30)14-18-7-11-33-12-8-18/h5-6,13,16-18,22H,4,7-12,14-15H2,1-3H3. The number of nitrogens with zero attached hydrogens (tertiary/aromatic N) is 3. The number of piperidine rings is 1. The Balaban J connectivity index is 1.63. The van der Waals surface area contributed by atoms with Crippen molar-refractivity contribution >= 4 is 24.1 Å². The first-order chi connectivity index (χ1) is 16.8. The van der Waals surface area contributed by atoms with Crippen molar-refractivity contribution in [3.63, 3.8) is 0 Å². The largest absolute Gasteiger partial charge is 0.488 e. The Morgan fingerprint density at radius 2 is 2.00 bits per heavy atom. The van der Waals surface area contributed by atoms with Crippen LogP contribution in [0.1, 0.15) is 40.0 Å². The van der Waals surface area contributed by atoms with Crippen molar-refractivity contribution in [1.29, 1.82) is 0 Å². The van der Waals surface area contributed by atoms with Crippen LogP contribution in [0.15, 0.2) is 18.2 Å². The predicted octanol–water partition coefficient (Wildman–Crippen LogP) is 2.81. The van der Waals surface area contributed by atoms with Crippen molar-refractivity contribution in [2.24, 2.45) is 5.92 Å². The van der Waals surface area contributed by atoms with Crippen LogP contribution in [-0.4, -0.2) is 85.3 Å². The van der Waals surface area contributed by atoms with Gasteiger partial charge in [0.1, 0.15) is 6.10 Å². The highest BCUT2D eigenvalue weighted by Crippen LogP contribution is 2.41. The highest BCUT2D eigenvalue weighted by molar-refractivity contribution is 6.23. The molecule has 0 radical (unpaired) electrons. The van der Waals surface area contributed by atoms with E-state index in [0.717, 1.165) is 37.5 Å². The number of carbonyl (C=O) groups is 3. The smallest absolute Gasteiger partial charge is 0.332 e. The Kier molecular flexibility index (Phi) is 7.61. The minimum atomic E-state index is -1.31. The van der Waals surface area contributed by atoms with Gasteiger partial charge in [0, 0.05) is 45.5 Å². The molecule has 3 amide bonds. The van der Waals surface area contributed by atoms with Crippen molar-refractivity contribution in [3.05, 3.63) is 24.0 Å².